The van der Waals surface area contributed by atoms with Gasteiger partial charge in [-0.3, -0.25) is 0 Å². The first kappa shape index (κ1) is 13.3. The monoisotopic (exact) mass is 332 g/mol. The molecule has 0 spiro atoms. The average Bonchev–Trinajstić information content (AvgIpc) is 2.82. The molecule has 20 heavy (non-hydrogen) atoms. The lowest BCUT2D eigenvalue weighted by Gasteiger charge is -2.05. The number of benzene rings is 2. The molecule has 0 amide bonds. The van der Waals surface area contributed by atoms with Gasteiger partial charge < -0.3 is 4.98 Å². The molecule has 0 saturated carbocycles. The van der Waals surface area contributed by atoms with E-state index in [0.717, 1.165) is 16.9 Å². The van der Waals surface area contributed by atoms with Crippen LogP contribution in [-0.2, 0) is 0 Å². The van der Waals surface area contributed by atoms with Gasteiger partial charge in [0.15, 0.2) is 0 Å². The van der Waals surface area contributed by atoms with Gasteiger partial charge in [-0.25, -0.2) is 9.37 Å². The van der Waals surface area contributed by atoms with E-state index in [1.165, 1.54) is 11.6 Å². The van der Waals surface area contributed by atoms with Gasteiger partial charge >= 0.3 is 0 Å². The molecule has 2 nitrogen and oxygen atoms in total. The van der Waals surface area contributed by atoms with Crippen LogP contribution in [0.2, 0.25) is 0 Å². The number of aromatic amines is 1. The summed E-state index contributed by atoms with van der Waals surface area (Å²) in [5, 5.41) is 0. The van der Waals surface area contributed by atoms with Crippen molar-refractivity contribution in [2.24, 2.45) is 0 Å². The average molecular weight is 333 g/mol. The van der Waals surface area contributed by atoms with Crippen molar-refractivity contribution in [3.63, 3.8) is 0 Å². The van der Waals surface area contributed by atoms with Crippen molar-refractivity contribution in [2.75, 3.05) is 0 Å². The first-order valence-electron chi connectivity index (χ1n) is 6.49. The highest BCUT2D eigenvalue weighted by Gasteiger charge is 2.09. The Balaban J connectivity index is 2.05. The van der Waals surface area contributed by atoms with Gasteiger partial charge in [0.25, 0.3) is 0 Å². The van der Waals surface area contributed by atoms with Crippen molar-refractivity contribution in [3.8, 4) is 11.4 Å². The van der Waals surface area contributed by atoms with Gasteiger partial charge in [0, 0.05) is 11.6 Å². The molecule has 1 aromatic heterocycles. The smallest absolute Gasteiger partial charge is 0.139 e. The van der Waals surface area contributed by atoms with Gasteiger partial charge in [0.05, 0.1) is 15.5 Å². The molecule has 2 aromatic carbocycles. The Bertz CT molecular complexity index is 721. The summed E-state index contributed by atoms with van der Waals surface area (Å²) in [5.41, 5.74) is 3.75. The molecule has 0 atom stereocenters. The fraction of sp³-hybridized carbons (Fsp3) is 0.188. The molecule has 102 valence electrons. The summed E-state index contributed by atoms with van der Waals surface area (Å²) in [4.78, 5) is 7.66. The number of hydrogen-bond donors (Lipinski definition) is 1. The third-order valence-corrected chi connectivity index (χ3v) is 3.98. The third kappa shape index (κ3) is 2.36. The minimum atomic E-state index is -0.289. The number of hydrogen-bond acceptors (Lipinski definition) is 1. The molecular formula is C16H14BrFN2. The molecule has 0 aliphatic rings. The van der Waals surface area contributed by atoms with Crippen molar-refractivity contribution in [2.45, 2.75) is 19.8 Å². The van der Waals surface area contributed by atoms with Gasteiger partial charge in [-0.15, -0.1) is 0 Å². The Morgan fingerprint density at radius 1 is 1.15 bits per heavy atom. The molecule has 1 heterocycles. The first-order chi connectivity index (χ1) is 9.54. The number of rotatable bonds is 2. The molecule has 0 aliphatic carbocycles. The van der Waals surface area contributed by atoms with Crippen LogP contribution < -0.4 is 0 Å². The van der Waals surface area contributed by atoms with Crippen LogP contribution >= 0.6 is 15.9 Å². The summed E-state index contributed by atoms with van der Waals surface area (Å²) in [6.07, 6.45) is 0. The van der Waals surface area contributed by atoms with E-state index in [9.17, 15) is 4.39 Å². The van der Waals surface area contributed by atoms with E-state index < -0.39 is 0 Å². The number of nitrogens with one attached hydrogen (secondary N) is 1. The van der Waals surface area contributed by atoms with Gasteiger partial charge in [-0.05, 0) is 33.5 Å². The minimum Gasteiger partial charge on any atom is -0.338 e. The predicted molar refractivity (Wildman–Crippen MR) is 83.3 cm³/mol. The lowest BCUT2D eigenvalue weighted by Crippen LogP contribution is -1.87. The Labute approximate surface area is 125 Å². The van der Waals surface area contributed by atoms with Crippen molar-refractivity contribution >= 4 is 27.0 Å². The maximum atomic E-state index is 13.5. The topological polar surface area (TPSA) is 28.7 Å². The standard InChI is InChI=1S/C16H14BrFN2/c1-9(2)10-3-5-11(6-4-10)16-19-14-7-12(17)13(18)8-15(14)20-16/h3-9H,1-2H3,(H,19,20). The molecule has 3 aromatic rings. The SMILES string of the molecule is CC(C)c1ccc(-c2nc3cc(Br)c(F)cc3[nH]2)cc1. The van der Waals surface area contributed by atoms with Crippen LogP contribution in [0.25, 0.3) is 22.4 Å². The maximum absolute atomic E-state index is 13.5. The van der Waals surface area contributed by atoms with E-state index in [4.69, 9.17) is 0 Å². The van der Waals surface area contributed by atoms with Crippen molar-refractivity contribution < 1.29 is 4.39 Å². The van der Waals surface area contributed by atoms with Crippen LogP contribution in [-0.4, -0.2) is 9.97 Å². The number of halogens is 2. The molecular weight excluding hydrogens is 319 g/mol. The quantitative estimate of drug-likeness (QED) is 0.681. The zero-order valence-electron chi connectivity index (χ0n) is 11.2. The third-order valence-electron chi connectivity index (χ3n) is 3.37. The number of H-pyrrole nitrogens is 1. The van der Waals surface area contributed by atoms with Crippen molar-refractivity contribution in [1.82, 2.24) is 9.97 Å². The summed E-state index contributed by atoms with van der Waals surface area (Å²) >= 11 is 3.18. The largest absolute Gasteiger partial charge is 0.338 e. The van der Waals surface area contributed by atoms with E-state index in [2.05, 4.69) is 51.9 Å². The van der Waals surface area contributed by atoms with Crippen LogP contribution in [0.15, 0.2) is 40.9 Å². The van der Waals surface area contributed by atoms with E-state index >= 15 is 0 Å². The van der Waals surface area contributed by atoms with Gasteiger partial charge in [-0.1, -0.05) is 38.1 Å². The van der Waals surface area contributed by atoms with E-state index in [1.807, 2.05) is 12.1 Å². The Kier molecular flexibility index (Phi) is 3.34. The van der Waals surface area contributed by atoms with Crippen LogP contribution in [0.1, 0.15) is 25.3 Å². The highest BCUT2D eigenvalue weighted by Crippen LogP contribution is 2.26. The Morgan fingerprint density at radius 3 is 2.50 bits per heavy atom. The minimum absolute atomic E-state index is 0.289. The van der Waals surface area contributed by atoms with Gasteiger partial charge in [0.2, 0.25) is 0 Å². The number of aromatic nitrogens is 2. The highest BCUT2D eigenvalue weighted by atomic mass is 79.9. The van der Waals surface area contributed by atoms with Gasteiger partial charge in [0.1, 0.15) is 11.6 Å². The molecule has 3 rings (SSSR count). The summed E-state index contributed by atoms with van der Waals surface area (Å²) in [5.74, 6) is 0.973. The van der Waals surface area contributed by atoms with Crippen LogP contribution in [0.3, 0.4) is 0 Å². The molecule has 0 bridgehead atoms. The summed E-state index contributed by atoms with van der Waals surface area (Å²) in [6.45, 7) is 4.33. The maximum Gasteiger partial charge on any atom is 0.139 e. The molecule has 0 saturated heterocycles. The van der Waals surface area contributed by atoms with E-state index in [-0.39, 0.29) is 5.82 Å². The Morgan fingerprint density at radius 2 is 1.85 bits per heavy atom. The zero-order valence-corrected chi connectivity index (χ0v) is 12.8. The molecule has 0 aliphatic heterocycles. The number of nitrogens with zero attached hydrogens (tertiary/aromatic N) is 1. The molecule has 0 fully saturated rings. The fourth-order valence-electron chi connectivity index (χ4n) is 2.17. The second-order valence-corrected chi connectivity index (χ2v) is 6.00. The zero-order chi connectivity index (χ0) is 14.3. The molecule has 0 radical (unpaired) electrons. The summed E-state index contributed by atoms with van der Waals surface area (Å²) in [7, 11) is 0. The van der Waals surface area contributed by atoms with Crippen LogP contribution in [0.5, 0.6) is 0 Å². The van der Waals surface area contributed by atoms with E-state index in [1.54, 1.807) is 6.07 Å². The lowest BCUT2D eigenvalue weighted by atomic mass is 10.0. The molecule has 4 heteroatoms. The van der Waals surface area contributed by atoms with Gasteiger partial charge in [-0.2, -0.15) is 0 Å². The van der Waals surface area contributed by atoms with Crippen LogP contribution in [0, 0.1) is 5.82 Å². The normalized spacial score (nSPS) is 11.4. The highest BCUT2D eigenvalue weighted by molar-refractivity contribution is 9.10. The fourth-order valence-corrected chi connectivity index (χ4v) is 2.50. The Hall–Kier alpha value is -1.68. The van der Waals surface area contributed by atoms with Crippen LogP contribution in [0.4, 0.5) is 4.39 Å². The molecule has 1 N–H and O–H groups in total. The summed E-state index contributed by atoms with van der Waals surface area (Å²) < 4.78 is 13.9. The van der Waals surface area contributed by atoms with E-state index in [0.29, 0.717) is 15.9 Å². The lowest BCUT2D eigenvalue weighted by molar-refractivity contribution is 0.623. The predicted octanol–water partition coefficient (Wildman–Crippen LogP) is 5.25. The number of fused-ring (bicyclic) bond motifs is 1. The number of imidazole rings is 1. The first-order valence-corrected chi connectivity index (χ1v) is 7.29. The second-order valence-electron chi connectivity index (χ2n) is 5.15. The summed E-state index contributed by atoms with van der Waals surface area (Å²) in [6, 6.07) is 11.4. The van der Waals surface area contributed by atoms with Crippen molar-refractivity contribution in [1.29, 1.82) is 0 Å². The molecule has 0 unspecified atom stereocenters. The van der Waals surface area contributed by atoms with Crippen molar-refractivity contribution in [3.05, 3.63) is 52.3 Å². The second kappa shape index (κ2) is 5.02.